The van der Waals surface area contributed by atoms with E-state index in [-0.39, 0.29) is 0 Å². The van der Waals surface area contributed by atoms with Crippen LogP contribution in [0.1, 0.15) is 30.6 Å². The molecule has 7 heteroatoms. The number of amides is 1. The molecule has 0 unspecified atom stereocenters. The quantitative estimate of drug-likeness (QED) is 0.570. The van der Waals surface area contributed by atoms with Gasteiger partial charge in [-0.25, -0.2) is 4.39 Å². The highest BCUT2D eigenvalue weighted by Gasteiger charge is 2.10. The van der Waals surface area contributed by atoms with Crippen molar-refractivity contribution in [3.8, 4) is 0 Å². The molecular formula is C13H17BrFN3OS. The van der Waals surface area contributed by atoms with Gasteiger partial charge >= 0.3 is 0 Å². The number of hydrazine groups is 1. The Morgan fingerprint density at radius 2 is 2.10 bits per heavy atom. The number of hydrogen-bond donors (Lipinski definition) is 3. The minimum absolute atomic E-state index is 0.323. The first-order chi connectivity index (χ1) is 9.40. The second kappa shape index (κ2) is 8.16. The molecule has 3 N–H and O–H groups in total. The van der Waals surface area contributed by atoms with Gasteiger partial charge in [-0.05, 0) is 58.7 Å². The van der Waals surface area contributed by atoms with Crippen LogP contribution in [0.25, 0.3) is 0 Å². The summed E-state index contributed by atoms with van der Waals surface area (Å²) in [6.45, 7) is 4.97. The van der Waals surface area contributed by atoms with Crippen molar-refractivity contribution in [3.05, 3.63) is 34.1 Å². The van der Waals surface area contributed by atoms with Gasteiger partial charge in [0.2, 0.25) is 0 Å². The number of carbonyl (C=O) groups is 1. The summed E-state index contributed by atoms with van der Waals surface area (Å²) in [6.07, 6.45) is 0.985. The molecule has 0 aliphatic carbocycles. The lowest BCUT2D eigenvalue weighted by atomic mass is 10.1. The van der Waals surface area contributed by atoms with Gasteiger partial charge in [-0.2, -0.15) is 0 Å². The molecule has 0 saturated carbocycles. The van der Waals surface area contributed by atoms with Gasteiger partial charge in [0.25, 0.3) is 5.91 Å². The summed E-state index contributed by atoms with van der Waals surface area (Å²) >= 11 is 8.15. The summed E-state index contributed by atoms with van der Waals surface area (Å²) in [5.41, 5.74) is 5.38. The molecule has 1 rings (SSSR count). The first kappa shape index (κ1) is 16.8. The molecule has 0 saturated heterocycles. The zero-order valence-electron chi connectivity index (χ0n) is 11.3. The summed E-state index contributed by atoms with van der Waals surface area (Å²) < 4.78 is 13.3. The van der Waals surface area contributed by atoms with Crippen molar-refractivity contribution in [2.75, 3.05) is 6.54 Å². The second-order valence-corrected chi connectivity index (χ2v) is 5.90. The Morgan fingerprint density at radius 1 is 1.40 bits per heavy atom. The summed E-state index contributed by atoms with van der Waals surface area (Å²) in [6, 6.07) is 3.85. The Bertz CT molecular complexity index is 497. The zero-order chi connectivity index (χ0) is 15.1. The number of benzene rings is 1. The lowest BCUT2D eigenvalue weighted by Gasteiger charge is -2.13. The van der Waals surface area contributed by atoms with Crippen molar-refractivity contribution in [2.24, 2.45) is 5.92 Å². The summed E-state index contributed by atoms with van der Waals surface area (Å²) in [5.74, 6) is -0.229. The molecule has 0 aliphatic rings. The molecule has 0 spiro atoms. The van der Waals surface area contributed by atoms with Crippen LogP contribution >= 0.6 is 28.1 Å². The minimum atomic E-state index is -0.410. The molecule has 0 aliphatic heterocycles. The molecule has 110 valence electrons. The Hall–Kier alpha value is -1.21. The SMILES string of the molecule is CC(C)CCNC(=S)NNC(=O)c1ccc(F)cc1Br. The summed E-state index contributed by atoms with van der Waals surface area (Å²) in [7, 11) is 0. The fraction of sp³-hybridized carbons (Fsp3) is 0.385. The Kier molecular flexibility index (Phi) is 6.87. The third-order valence-corrected chi connectivity index (χ3v) is 3.38. The molecule has 0 bridgehead atoms. The molecule has 0 fully saturated rings. The zero-order valence-corrected chi connectivity index (χ0v) is 13.7. The van der Waals surface area contributed by atoms with Crippen LogP contribution in [-0.2, 0) is 0 Å². The van der Waals surface area contributed by atoms with Gasteiger partial charge in [0.15, 0.2) is 5.11 Å². The number of rotatable bonds is 4. The number of thiocarbonyl (C=S) groups is 1. The van der Waals surface area contributed by atoms with E-state index in [1.54, 1.807) is 0 Å². The van der Waals surface area contributed by atoms with Crippen LogP contribution in [0.2, 0.25) is 0 Å². The number of hydrogen-bond acceptors (Lipinski definition) is 2. The predicted molar refractivity (Wildman–Crippen MR) is 84.8 cm³/mol. The van der Waals surface area contributed by atoms with Crippen LogP contribution in [0.4, 0.5) is 4.39 Å². The van der Waals surface area contributed by atoms with E-state index in [0.717, 1.165) is 13.0 Å². The molecule has 4 nitrogen and oxygen atoms in total. The lowest BCUT2D eigenvalue weighted by Crippen LogP contribution is -2.47. The van der Waals surface area contributed by atoms with Crippen LogP contribution in [-0.4, -0.2) is 17.6 Å². The van der Waals surface area contributed by atoms with E-state index in [1.165, 1.54) is 18.2 Å². The van der Waals surface area contributed by atoms with E-state index in [4.69, 9.17) is 12.2 Å². The van der Waals surface area contributed by atoms with E-state index in [0.29, 0.717) is 21.1 Å². The molecular weight excluding hydrogens is 345 g/mol. The largest absolute Gasteiger partial charge is 0.361 e. The maximum atomic E-state index is 12.9. The Labute approximate surface area is 131 Å². The molecule has 0 aromatic heterocycles. The summed E-state index contributed by atoms with van der Waals surface area (Å²) in [5, 5.41) is 3.32. The van der Waals surface area contributed by atoms with Crippen LogP contribution in [0.15, 0.2) is 22.7 Å². The van der Waals surface area contributed by atoms with E-state index in [1.807, 2.05) is 0 Å². The van der Waals surface area contributed by atoms with Gasteiger partial charge in [0.1, 0.15) is 5.82 Å². The Morgan fingerprint density at radius 3 is 2.70 bits per heavy atom. The lowest BCUT2D eigenvalue weighted by molar-refractivity contribution is 0.0943. The van der Waals surface area contributed by atoms with Crippen molar-refractivity contribution in [3.63, 3.8) is 0 Å². The van der Waals surface area contributed by atoms with Crippen molar-refractivity contribution in [1.82, 2.24) is 16.2 Å². The van der Waals surface area contributed by atoms with Crippen molar-refractivity contribution >= 4 is 39.2 Å². The van der Waals surface area contributed by atoms with Crippen molar-refractivity contribution < 1.29 is 9.18 Å². The van der Waals surface area contributed by atoms with E-state index < -0.39 is 11.7 Å². The molecule has 1 aromatic rings. The third kappa shape index (κ3) is 5.83. The van der Waals surface area contributed by atoms with Crippen LogP contribution in [0, 0.1) is 11.7 Å². The monoisotopic (exact) mass is 361 g/mol. The number of halogens is 2. The Balaban J connectivity index is 2.41. The van der Waals surface area contributed by atoms with Gasteiger partial charge in [0, 0.05) is 11.0 Å². The fourth-order valence-electron chi connectivity index (χ4n) is 1.37. The van der Waals surface area contributed by atoms with Crippen molar-refractivity contribution in [2.45, 2.75) is 20.3 Å². The highest BCUT2D eigenvalue weighted by atomic mass is 79.9. The molecule has 20 heavy (non-hydrogen) atoms. The second-order valence-electron chi connectivity index (χ2n) is 4.64. The molecule has 1 amide bonds. The average molecular weight is 362 g/mol. The third-order valence-electron chi connectivity index (χ3n) is 2.47. The van der Waals surface area contributed by atoms with Crippen molar-refractivity contribution in [1.29, 1.82) is 0 Å². The summed E-state index contributed by atoms with van der Waals surface area (Å²) in [4.78, 5) is 11.8. The van der Waals surface area contributed by atoms with Gasteiger partial charge < -0.3 is 5.32 Å². The minimum Gasteiger partial charge on any atom is -0.361 e. The normalized spacial score (nSPS) is 10.2. The van der Waals surface area contributed by atoms with Gasteiger partial charge in [-0.15, -0.1) is 0 Å². The van der Waals surface area contributed by atoms with Crippen LogP contribution in [0.3, 0.4) is 0 Å². The highest BCUT2D eigenvalue weighted by Crippen LogP contribution is 2.17. The maximum Gasteiger partial charge on any atom is 0.270 e. The van der Waals surface area contributed by atoms with Gasteiger partial charge in [-0.3, -0.25) is 15.6 Å². The van der Waals surface area contributed by atoms with Gasteiger partial charge in [-0.1, -0.05) is 13.8 Å². The smallest absolute Gasteiger partial charge is 0.270 e. The van der Waals surface area contributed by atoms with E-state index >= 15 is 0 Å². The standard InChI is InChI=1S/C13H17BrFN3OS/c1-8(2)5-6-16-13(20)18-17-12(19)10-4-3-9(15)7-11(10)14/h3-4,7-8H,5-6H2,1-2H3,(H,17,19)(H2,16,18,20). The van der Waals surface area contributed by atoms with E-state index in [2.05, 4.69) is 45.9 Å². The van der Waals surface area contributed by atoms with E-state index in [9.17, 15) is 9.18 Å². The topological polar surface area (TPSA) is 53.2 Å². The predicted octanol–water partition coefficient (Wildman–Crippen LogP) is 2.74. The van der Waals surface area contributed by atoms with Gasteiger partial charge in [0.05, 0.1) is 5.56 Å². The molecule has 0 radical (unpaired) electrons. The fourth-order valence-corrected chi connectivity index (χ4v) is 2.06. The first-order valence-corrected chi connectivity index (χ1v) is 7.39. The number of nitrogens with one attached hydrogen (secondary N) is 3. The molecule has 1 aromatic carbocycles. The van der Waals surface area contributed by atoms with Crippen LogP contribution in [0.5, 0.6) is 0 Å². The highest BCUT2D eigenvalue weighted by molar-refractivity contribution is 9.10. The molecule has 0 heterocycles. The van der Waals surface area contributed by atoms with Crippen LogP contribution < -0.4 is 16.2 Å². The first-order valence-electron chi connectivity index (χ1n) is 6.19. The number of carbonyl (C=O) groups excluding carboxylic acids is 1. The molecule has 0 atom stereocenters. The maximum absolute atomic E-state index is 12.9. The average Bonchev–Trinajstić information content (AvgIpc) is 2.35.